The van der Waals surface area contributed by atoms with E-state index in [2.05, 4.69) is 72.3 Å². The minimum Gasteiger partial charge on any atom is -0.256 e. The summed E-state index contributed by atoms with van der Waals surface area (Å²) in [5, 5.41) is 2.53. The quantitative estimate of drug-likeness (QED) is 0.481. The van der Waals surface area contributed by atoms with Gasteiger partial charge in [0.25, 0.3) is 0 Å². The molecule has 0 N–H and O–H groups in total. The largest absolute Gasteiger partial charge is 0.256 e. The third kappa shape index (κ3) is 3.00. The molecule has 2 aromatic carbocycles. The second-order valence-corrected chi connectivity index (χ2v) is 6.70. The second kappa shape index (κ2) is 6.64. The zero-order chi connectivity index (χ0) is 17.2. The number of hydrogen-bond acceptors (Lipinski definition) is 2. The van der Waals surface area contributed by atoms with Gasteiger partial charge in [-0.2, -0.15) is 0 Å². The molecule has 0 fully saturated rings. The smallest absolute Gasteiger partial charge is 0.0707 e. The van der Waals surface area contributed by atoms with Crippen LogP contribution >= 0.6 is 0 Å². The molecule has 2 aromatic heterocycles. The first kappa shape index (κ1) is 15.8. The molecule has 4 rings (SSSR count). The zero-order valence-corrected chi connectivity index (χ0v) is 14.7. The van der Waals surface area contributed by atoms with E-state index in [1.165, 1.54) is 27.5 Å². The first-order chi connectivity index (χ1) is 12.3. The van der Waals surface area contributed by atoms with Crippen molar-refractivity contribution in [1.82, 2.24) is 9.97 Å². The van der Waals surface area contributed by atoms with Gasteiger partial charge in [-0.3, -0.25) is 9.97 Å². The Kier molecular flexibility index (Phi) is 4.19. The van der Waals surface area contributed by atoms with Gasteiger partial charge in [0.05, 0.1) is 11.0 Å². The Balaban J connectivity index is 1.68. The van der Waals surface area contributed by atoms with Crippen molar-refractivity contribution in [2.24, 2.45) is 0 Å². The summed E-state index contributed by atoms with van der Waals surface area (Å²) >= 11 is 0. The molecule has 2 heterocycles. The summed E-state index contributed by atoms with van der Waals surface area (Å²) in [5.74, 6) is 0.430. The molecule has 0 aliphatic rings. The molecule has 0 amide bonds. The van der Waals surface area contributed by atoms with Crippen molar-refractivity contribution in [1.29, 1.82) is 0 Å². The Bertz CT molecular complexity index is 1030. The number of benzene rings is 2. The van der Waals surface area contributed by atoms with Crippen LogP contribution in [0.5, 0.6) is 0 Å². The summed E-state index contributed by atoms with van der Waals surface area (Å²) in [6.07, 6.45) is 5.82. The van der Waals surface area contributed by atoms with E-state index in [0.29, 0.717) is 5.92 Å². The fraction of sp³-hybridized carbons (Fsp3) is 0.217. The van der Waals surface area contributed by atoms with Crippen LogP contribution in [-0.2, 0) is 12.8 Å². The second-order valence-electron chi connectivity index (χ2n) is 6.70. The highest BCUT2D eigenvalue weighted by Gasteiger charge is 2.11. The van der Waals surface area contributed by atoms with Crippen molar-refractivity contribution < 1.29 is 0 Å². The molecular formula is C23H22N2. The van der Waals surface area contributed by atoms with Crippen molar-refractivity contribution >= 4 is 21.8 Å². The summed E-state index contributed by atoms with van der Waals surface area (Å²) in [7, 11) is 0. The van der Waals surface area contributed by atoms with Gasteiger partial charge in [-0.05, 0) is 59.7 Å². The molecular weight excluding hydrogens is 304 g/mol. The van der Waals surface area contributed by atoms with E-state index in [9.17, 15) is 0 Å². The monoisotopic (exact) mass is 326 g/mol. The molecule has 0 bridgehead atoms. The van der Waals surface area contributed by atoms with Crippen molar-refractivity contribution in [2.75, 3.05) is 0 Å². The number of pyridine rings is 2. The Morgan fingerprint density at radius 3 is 2.60 bits per heavy atom. The van der Waals surface area contributed by atoms with E-state index in [0.717, 1.165) is 23.9 Å². The van der Waals surface area contributed by atoms with Crippen LogP contribution < -0.4 is 0 Å². The summed E-state index contributed by atoms with van der Waals surface area (Å²) in [6.45, 7) is 4.49. The van der Waals surface area contributed by atoms with Gasteiger partial charge in [0.1, 0.15) is 0 Å². The van der Waals surface area contributed by atoms with Crippen LogP contribution in [0.2, 0.25) is 0 Å². The lowest BCUT2D eigenvalue weighted by atomic mass is 9.90. The highest BCUT2D eigenvalue weighted by molar-refractivity contribution is 5.83. The first-order valence-corrected chi connectivity index (χ1v) is 8.96. The molecule has 0 aliphatic carbocycles. The van der Waals surface area contributed by atoms with Gasteiger partial charge in [-0.15, -0.1) is 0 Å². The summed E-state index contributed by atoms with van der Waals surface area (Å²) in [4.78, 5) is 9.05. The fourth-order valence-corrected chi connectivity index (χ4v) is 3.71. The Labute approximate surface area is 148 Å². The maximum Gasteiger partial charge on any atom is 0.0707 e. The lowest BCUT2D eigenvalue weighted by Crippen LogP contribution is -2.00. The molecule has 0 aliphatic heterocycles. The lowest BCUT2D eigenvalue weighted by molar-refractivity contribution is 0.766. The molecule has 4 aromatic rings. The molecule has 2 nitrogen and oxygen atoms in total. The van der Waals surface area contributed by atoms with E-state index in [-0.39, 0.29) is 0 Å². The highest BCUT2D eigenvalue weighted by atomic mass is 14.6. The Hall–Kier alpha value is -2.74. The van der Waals surface area contributed by atoms with Crippen molar-refractivity contribution in [3.63, 3.8) is 0 Å². The third-order valence-corrected chi connectivity index (χ3v) is 5.03. The number of aromatic nitrogens is 2. The molecule has 2 heteroatoms. The number of hydrogen-bond donors (Lipinski definition) is 0. The van der Waals surface area contributed by atoms with E-state index >= 15 is 0 Å². The Morgan fingerprint density at radius 1 is 0.840 bits per heavy atom. The van der Waals surface area contributed by atoms with Crippen molar-refractivity contribution in [3.8, 4) is 0 Å². The summed E-state index contributed by atoms with van der Waals surface area (Å²) in [6, 6.07) is 19.4. The maximum atomic E-state index is 4.57. The molecule has 1 atom stereocenters. The predicted molar refractivity (Wildman–Crippen MR) is 105 cm³/mol. The van der Waals surface area contributed by atoms with Gasteiger partial charge in [-0.1, -0.05) is 44.2 Å². The van der Waals surface area contributed by atoms with Crippen LogP contribution in [0.3, 0.4) is 0 Å². The minimum atomic E-state index is 0.430. The van der Waals surface area contributed by atoms with Crippen LogP contribution in [0.25, 0.3) is 21.8 Å². The number of aryl methyl sites for hydroxylation is 1. The molecule has 0 spiro atoms. The average molecular weight is 326 g/mol. The number of rotatable bonds is 4. The Morgan fingerprint density at radius 2 is 1.72 bits per heavy atom. The summed E-state index contributed by atoms with van der Waals surface area (Å²) < 4.78 is 0. The van der Waals surface area contributed by atoms with Gasteiger partial charge >= 0.3 is 0 Å². The van der Waals surface area contributed by atoms with Crippen LogP contribution in [0, 0.1) is 0 Å². The molecule has 0 saturated carbocycles. The fourth-order valence-electron chi connectivity index (χ4n) is 3.71. The predicted octanol–water partition coefficient (Wildman–Crippen LogP) is 5.69. The molecule has 0 saturated heterocycles. The SMILES string of the molecule is CCc1ccnc2cc(CC(C)c3cccc4ncccc34)ccc12. The third-order valence-electron chi connectivity index (χ3n) is 5.03. The van der Waals surface area contributed by atoms with E-state index in [1.54, 1.807) is 0 Å². The molecule has 0 radical (unpaired) electrons. The summed E-state index contributed by atoms with van der Waals surface area (Å²) in [5.41, 5.74) is 6.23. The molecule has 25 heavy (non-hydrogen) atoms. The van der Waals surface area contributed by atoms with Gasteiger partial charge in [0.15, 0.2) is 0 Å². The lowest BCUT2D eigenvalue weighted by Gasteiger charge is -2.15. The van der Waals surface area contributed by atoms with E-state index in [4.69, 9.17) is 0 Å². The van der Waals surface area contributed by atoms with Crippen LogP contribution in [0.4, 0.5) is 0 Å². The first-order valence-electron chi connectivity index (χ1n) is 8.96. The van der Waals surface area contributed by atoms with E-state index in [1.807, 2.05) is 18.5 Å². The topological polar surface area (TPSA) is 25.8 Å². The number of fused-ring (bicyclic) bond motifs is 2. The highest BCUT2D eigenvalue weighted by Crippen LogP contribution is 2.28. The van der Waals surface area contributed by atoms with Crippen LogP contribution in [0.15, 0.2) is 67.0 Å². The zero-order valence-electron chi connectivity index (χ0n) is 14.7. The average Bonchev–Trinajstić information content (AvgIpc) is 2.66. The standard InChI is InChI=1S/C23H22N2/c1-3-18-11-13-25-23-15-17(9-10-20(18)23)14-16(2)19-6-4-8-22-21(19)7-5-12-24-22/h4-13,15-16H,3,14H2,1-2H3. The van der Waals surface area contributed by atoms with Crippen LogP contribution in [0.1, 0.15) is 36.5 Å². The number of nitrogens with zero attached hydrogens (tertiary/aromatic N) is 2. The molecule has 124 valence electrons. The van der Waals surface area contributed by atoms with Gasteiger partial charge < -0.3 is 0 Å². The van der Waals surface area contributed by atoms with E-state index < -0.39 is 0 Å². The van der Waals surface area contributed by atoms with Crippen molar-refractivity contribution in [2.45, 2.75) is 32.6 Å². The normalized spacial score (nSPS) is 12.6. The van der Waals surface area contributed by atoms with Gasteiger partial charge in [0.2, 0.25) is 0 Å². The minimum absolute atomic E-state index is 0.430. The van der Waals surface area contributed by atoms with Crippen LogP contribution in [-0.4, -0.2) is 9.97 Å². The van der Waals surface area contributed by atoms with Gasteiger partial charge in [0, 0.05) is 23.2 Å². The maximum absolute atomic E-state index is 4.57. The molecule has 1 unspecified atom stereocenters. The van der Waals surface area contributed by atoms with Crippen molar-refractivity contribution in [3.05, 3.63) is 83.7 Å². The van der Waals surface area contributed by atoms with Gasteiger partial charge in [-0.25, -0.2) is 0 Å².